The van der Waals surface area contributed by atoms with Crippen LogP contribution in [0.2, 0.25) is 5.02 Å². The van der Waals surface area contributed by atoms with Crippen LogP contribution in [0.3, 0.4) is 0 Å². The van der Waals surface area contributed by atoms with Crippen LogP contribution in [0.4, 0.5) is 5.69 Å². The zero-order valence-electron chi connectivity index (χ0n) is 12.4. The molecule has 0 spiro atoms. The molecule has 0 unspecified atom stereocenters. The maximum atomic E-state index is 12.4. The molecule has 24 heavy (non-hydrogen) atoms. The Morgan fingerprint density at radius 3 is 2.75 bits per heavy atom. The van der Waals surface area contributed by atoms with Gasteiger partial charge in [-0.15, -0.1) is 11.8 Å². The summed E-state index contributed by atoms with van der Waals surface area (Å²) in [5.74, 6) is -0.484. The number of nitrogens with one attached hydrogen (secondary N) is 1. The topological polar surface area (TPSA) is 85.3 Å². The highest BCUT2D eigenvalue weighted by Crippen LogP contribution is 2.28. The summed E-state index contributed by atoms with van der Waals surface area (Å²) in [7, 11) is 0. The first-order valence-electron chi connectivity index (χ1n) is 7.03. The third-order valence-corrected chi connectivity index (χ3v) is 4.54. The maximum absolute atomic E-state index is 12.4. The molecule has 0 saturated heterocycles. The van der Waals surface area contributed by atoms with Crippen LogP contribution in [0.25, 0.3) is 11.0 Å². The summed E-state index contributed by atoms with van der Waals surface area (Å²) in [5, 5.41) is 4.11. The number of hydrogen-bond acceptors (Lipinski definition) is 4. The standard InChI is InChI=1S/C17H13ClN2O3S/c18-11-5-6-13-10(7-11)8-14(23-13)17(22)20-12-3-1-2-4-15(12)24-9-16(19)21/h1-8H,9H2,(H2,19,21)(H,20,22). The predicted octanol–water partition coefficient (Wildman–Crippen LogP) is 3.92. The van der Waals surface area contributed by atoms with Crippen molar-refractivity contribution in [2.75, 3.05) is 11.1 Å². The monoisotopic (exact) mass is 360 g/mol. The van der Waals surface area contributed by atoms with Crippen molar-refractivity contribution in [2.45, 2.75) is 4.90 Å². The van der Waals surface area contributed by atoms with Crippen LogP contribution in [0.1, 0.15) is 10.6 Å². The van der Waals surface area contributed by atoms with Gasteiger partial charge >= 0.3 is 0 Å². The van der Waals surface area contributed by atoms with Crippen molar-refractivity contribution in [3.8, 4) is 0 Å². The number of benzene rings is 2. The molecule has 3 rings (SSSR count). The van der Waals surface area contributed by atoms with E-state index in [0.717, 1.165) is 10.3 Å². The number of nitrogens with two attached hydrogens (primary N) is 1. The molecule has 0 fully saturated rings. The highest BCUT2D eigenvalue weighted by molar-refractivity contribution is 8.00. The Hall–Kier alpha value is -2.44. The van der Waals surface area contributed by atoms with Gasteiger partial charge in [-0.3, -0.25) is 9.59 Å². The van der Waals surface area contributed by atoms with Gasteiger partial charge in [0.1, 0.15) is 5.58 Å². The fraction of sp³-hybridized carbons (Fsp3) is 0.0588. The Bertz CT molecular complexity index is 923. The first kappa shape index (κ1) is 16.4. The van der Waals surface area contributed by atoms with E-state index < -0.39 is 5.91 Å². The van der Waals surface area contributed by atoms with E-state index in [2.05, 4.69) is 5.32 Å². The number of anilines is 1. The highest BCUT2D eigenvalue weighted by atomic mass is 35.5. The number of primary amides is 1. The summed E-state index contributed by atoms with van der Waals surface area (Å²) in [6.07, 6.45) is 0. The van der Waals surface area contributed by atoms with Gasteiger partial charge in [0.05, 0.1) is 11.4 Å². The number of halogens is 1. The Labute approximate surface area is 147 Å². The predicted molar refractivity (Wildman–Crippen MR) is 95.5 cm³/mol. The average Bonchev–Trinajstić information content (AvgIpc) is 2.97. The summed E-state index contributed by atoms with van der Waals surface area (Å²) in [6.45, 7) is 0. The number of carbonyl (C=O) groups is 2. The fourth-order valence-corrected chi connectivity index (χ4v) is 3.08. The van der Waals surface area contributed by atoms with Crippen LogP contribution >= 0.6 is 23.4 Å². The van der Waals surface area contributed by atoms with Crippen LogP contribution in [0, 0.1) is 0 Å². The molecule has 3 N–H and O–H groups in total. The largest absolute Gasteiger partial charge is 0.451 e. The van der Waals surface area contributed by atoms with E-state index in [1.165, 1.54) is 11.8 Å². The van der Waals surface area contributed by atoms with Crippen LogP contribution in [-0.4, -0.2) is 17.6 Å². The van der Waals surface area contributed by atoms with Gasteiger partial charge in [-0.25, -0.2) is 0 Å². The summed E-state index contributed by atoms with van der Waals surface area (Å²) < 4.78 is 5.54. The van der Waals surface area contributed by atoms with Gasteiger partial charge in [0, 0.05) is 15.3 Å². The molecule has 1 heterocycles. The normalized spacial score (nSPS) is 10.7. The summed E-state index contributed by atoms with van der Waals surface area (Å²) in [6, 6.07) is 14.0. The van der Waals surface area contributed by atoms with Crippen molar-refractivity contribution in [3.05, 3.63) is 59.3 Å². The number of carbonyl (C=O) groups excluding carboxylic acids is 2. The highest BCUT2D eigenvalue weighted by Gasteiger charge is 2.14. The Morgan fingerprint density at radius 2 is 1.96 bits per heavy atom. The van der Waals surface area contributed by atoms with Crippen LogP contribution < -0.4 is 11.1 Å². The van der Waals surface area contributed by atoms with Crippen LogP contribution in [0.15, 0.2) is 57.8 Å². The molecular weight excluding hydrogens is 348 g/mol. The van der Waals surface area contributed by atoms with Gasteiger partial charge in [0.15, 0.2) is 5.76 Å². The molecule has 3 aromatic rings. The van der Waals surface area contributed by atoms with Crippen molar-refractivity contribution in [1.29, 1.82) is 0 Å². The lowest BCUT2D eigenvalue weighted by Crippen LogP contribution is -2.14. The molecule has 0 aliphatic heterocycles. The van der Waals surface area contributed by atoms with Crippen molar-refractivity contribution in [3.63, 3.8) is 0 Å². The second-order valence-corrected chi connectivity index (χ2v) is 6.45. The van der Waals surface area contributed by atoms with E-state index in [1.807, 2.05) is 12.1 Å². The minimum atomic E-state index is -0.421. The third kappa shape index (κ3) is 3.72. The summed E-state index contributed by atoms with van der Waals surface area (Å²) >= 11 is 7.20. The second kappa shape index (κ2) is 6.98. The van der Waals surface area contributed by atoms with Crippen molar-refractivity contribution in [1.82, 2.24) is 0 Å². The maximum Gasteiger partial charge on any atom is 0.291 e. The van der Waals surface area contributed by atoms with E-state index in [0.29, 0.717) is 16.3 Å². The minimum Gasteiger partial charge on any atom is -0.451 e. The van der Waals surface area contributed by atoms with E-state index >= 15 is 0 Å². The SMILES string of the molecule is NC(=O)CSc1ccccc1NC(=O)c1cc2cc(Cl)ccc2o1. The molecule has 2 amide bonds. The van der Waals surface area contributed by atoms with Gasteiger partial charge in [-0.2, -0.15) is 0 Å². The molecule has 1 aromatic heterocycles. The smallest absolute Gasteiger partial charge is 0.291 e. The minimum absolute atomic E-state index is 0.135. The average molecular weight is 361 g/mol. The Kier molecular flexibility index (Phi) is 4.78. The molecule has 0 bridgehead atoms. The van der Waals surface area contributed by atoms with E-state index in [1.54, 1.807) is 36.4 Å². The van der Waals surface area contributed by atoms with Crippen molar-refractivity contribution >= 4 is 51.8 Å². The van der Waals surface area contributed by atoms with Crippen molar-refractivity contribution in [2.24, 2.45) is 5.73 Å². The summed E-state index contributed by atoms with van der Waals surface area (Å²) in [5.41, 5.74) is 6.34. The lowest BCUT2D eigenvalue weighted by molar-refractivity contribution is -0.115. The molecule has 0 radical (unpaired) electrons. The Morgan fingerprint density at radius 1 is 1.17 bits per heavy atom. The third-order valence-electron chi connectivity index (χ3n) is 3.21. The first-order valence-corrected chi connectivity index (χ1v) is 8.40. The quantitative estimate of drug-likeness (QED) is 0.675. The van der Waals surface area contributed by atoms with Crippen molar-refractivity contribution < 1.29 is 14.0 Å². The van der Waals surface area contributed by atoms with Gasteiger partial charge in [-0.1, -0.05) is 23.7 Å². The number of fused-ring (bicyclic) bond motifs is 1. The molecule has 0 aliphatic rings. The molecule has 122 valence electrons. The molecule has 2 aromatic carbocycles. The molecule has 5 nitrogen and oxygen atoms in total. The molecule has 7 heteroatoms. The molecule has 0 atom stereocenters. The van der Waals surface area contributed by atoms with Gasteiger partial charge in [0.2, 0.25) is 5.91 Å². The van der Waals surface area contributed by atoms with Gasteiger partial charge in [-0.05, 0) is 36.4 Å². The number of hydrogen-bond donors (Lipinski definition) is 2. The zero-order valence-corrected chi connectivity index (χ0v) is 14.0. The molecule has 0 saturated carbocycles. The van der Waals surface area contributed by atoms with Gasteiger partial charge < -0.3 is 15.5 Å². The van der Waals surface area contributed by atoms with E-state index in [9.17, 15) is 9.59 Å². The molecule has 0 aliphatic carbocycles. The lowest BCUT2D eigenvalue weighted by Gasteiger charge is -2.08. The van der Waals surface area contributed by atoms with E-state index in [-0.39, 0.29) is 17.4 Å². The first-order chi connectivity index (χ1) is 11.5. The van der Waals surface area contributed by atoms with Crippen LogP contribution in [0.5, 0.6) is 0 Å². The number of rotatable bonds is 5. The summed E-state index contributed by atoms with van der Waals surface area (Å²) in [4.78, 5) is 24.1. The Balaban J connectivity index is 1.82. The van der Waals surface area contributed by atoms with E-state index in [4.69, 9.17) is 21.8 Å². The number of amides is 2. The number of para-hydroxylation sites is 1. The fourth-order valence-electron chi connectivity index (χ4n) is 2.15. The van der Waals surface area contributed by atoms with Crippen LogP contribution in [-0.2, 0) is 4.79 Å². The zero-order chi connectivity index (χ0) is 17.1. The lowest BCUT2D eigenvalue weighted by atomic mass is 10.2. The number of furan rings is 1. The molecular formula is C17H13ClN2O3S. The second-order valence-electron chi connectivity index (χ2n) is 5.00. The number of thioether (sulfide) groups is 1. The van der Waals surface area contributed by atoms with Gasteiger partial charge in [0.25, 0.3) is 5.91 Å².